The van der Waals surface area contributed by atoms with Gasteiger partial charge in [0.15, 0.2) is 5.75 Å². The van der Waals surface area contributed by atoms with Gasteiger partial charge in [-0.25, -0.2) is 0 Å². The van der Waals surface area contributed by atoms with Crippen LogP contribution in [0, 0.1) is 0 Å². The summed E-state index contributed by atoms with van der Waals surface area (Å²) in [7, 11) is 0.128. The van der Waals surface area contributed by atoms with E-state index >= 15 is 0 Å². The van der Waals surface area contributed by atoms with E-state index in [2.05, 4.69) is 12.5 Å². The van der Waals surface area contributed by atoms with E-state index in [0.29, 0.717) is 5.75 Å². The molecule has 0 bridgehead atoms. The molecule has 1 aliphatic heterocycles. The molecule has 0 fully saturated rings. The molecule has 0 aromatic heterocycles. The highest BCUT2D eigenvalue weighted by molar-refractivity contribution is 7.99. The molecule has 21 heavy (non-hydrogen) atoms. The highest BCUT2D eigenvalue weighted by Crippen LogP contribution is 2.46. The number of hydrogen-bond donors (Lipinski definition) is 0. The maximum atomic E-state index is 12.1. The summed E-state index contributed by atoms with van der Waals surface area (Å²) in [6.07, 6.45) is 4.18. The van der Waals surface area contributed by atoms with Crippen LogP contribution in [-0.4, -0.2) is 24.0 Å². The van der Waals surface area contributed by atoms with Gasteiger partial charge in [0.25, 0.3) is 0 Å². The van der Waals surface area contributed by atoms with E-state index in [4.69, 9.17) is 4.74 Å². The first kappa shape index (κ1) is 16.3. The molecule has 0 radical (unpaired) electrons. The molecule has 2 aromatic rings. The fourth-order valence-electron chi connectivity index (χ4n) is 2.05. The van der Waals surface area contributed by atoms with Gasteiger partial charge in [0.2, 0.25) is 5.78 Å². The minimum atomic E-state index is 0. The number of halogens is 1. The Morgan fingerprint density at radius 3 is 2.57 bits per heavy atom. The molecule has 0 saturated carbocycles. The van der Waals surface area contributed by atoms with Crippen molar-refractivity contribution in [2.75, 3.05) is 18.3 Å². The summed E-state index contributed by atoms with van der Waals surface area (Å²) in [5.74, 6) is 2.53. The van der Waals surface area contributed by atoms with Crippen LogP contribution in [0.2, 0.25) is 0 Å². The van der Waals surface area contributed by atoms with Gasteiger partial charge in [0, 0.05) is 5.56 Å². The number of ketones is 1. The molecule has 5 heteroatoms. The summed E-state index contributed by atoms with van der Waals surface area (Å²) in [6.45, 7) is 0. The fourth-order valence-corrected chi connectivity index (χ4v) is 3.73. The quantitative estimate of drug-likeness (QED) is 0.526. The van der Waals surface area contributed by atoms with Crippen LogP contribution in [0.15, 0.2) is 52.3 Å². The van der Waals surface area contributed by atoms with E-state index in [0.717, 1.165) is 26.9 Å². The highest BCUT2D eigenvalue weighted by atomic mass is 35.5. The number of para-hydroxylation sites is 1. The summed E-state index contributed by atoms with van der Waals surface area (Å²) in [5, 5.41) is 0. The van der Waals surface area contributed by atoms with Gasteiger partial charge in [-0.1, -0.05) is 23.9 Å². The van der Waals surface area contributed by atoms with Gasteiger partial charge in [0.05, 0.1) is 22.3 Å². The first-order chi connectivity index (χ1) is 9.63. The SMILES string of the molecule is C[S+](C)CC(=O)c1ccc2c(c1)Sc1ccccc1O2.[Cl-]. The van der Waals surface area contributed by atoms with Crippen molar-refractivity contribution in [3.05, 3.63) is 48.0 Å². The maximum absolute atomic E-state index is 12.1. The van der Waals surface area contributed by atoms with Gasteiger partial charge in [0.1, 0.15) is 11.5 Å². The number of ether oxygens (including phenoxy) is 1. The number of fused-ring (bicyclic) bond motifs is 2. The van der Waals surface area contributed by atoms with Crippen LogP contribution in [-0.2, 0) is 10.9 Å². The van der Waals surface area contributed by atoms with Gasteiger partial charge >= 0.3 is 0 Å². The van der Waals surface area contributed by atoms with Gasteiger partial charge in [-0.05, 0) is 41.2 Å². The molecule has 1 heterocycles. The van der Waals surface area contributed by atoms with E-state index in [1.165, 1.54) is 0 Å². The van der Waals surface area contributed by atoms with Crippen molar-refractivity contribution in [1.82, 2.24) is 0 Å². The zero-order chi connectivity index (χ0) is 14.1. The average Bonchev–Trinajstić information content (AvgIpc) is 2.43. The predicted octanol–water partition coefficient (Wildman–Crippen LogP) is 1.01. The number of rotatable bonds is 3. The fraction of sp³-hybridized carbons (Fsp3) is 0.188. The molecule has 110 valence electrons. The third-order valence-corrected chi connectivity index (χ3v) is 4.91. The zero-order valence-electron chi connectivity index (χ0n) is 11.8. The van der Waals surface area contributed by atoms with E-state index in [9.17, 15) is 4.79 Å². The lowest BCUT2D eigenvalue weighted by atomic mass is 10.1. The molecular weight excluding hydrogens is 324 g/mol. The average molecular weight is 339 g/mol. The smallest absolute Gasteiger partial charge is 0.211 e. The lowest BCUT2D eigenvalue weighted by molar-refractivity contribution is -0.0000125. The van der Waals surface area contributed by atoms with E-state index < -0.39 is 0 Å². The maximum Gasteiger partial charge on any atom is 0.211 e. The molecule has 2 aromatic carbocycles. The molecule has 0 N–H and O–H groups in total. The van der Waals surface area contributed by atoms with Gasteiger partial charge < -0.3 is 17.1 Å². The van der Waals surface area contributed by atoms with Crippen molar-refractivity contribution < 1.29 is 21.9 Å². The number of benzene rings is 2. The van der Waals surface area contributed by atoms with Crippen LogP contribution < -0.4 is 17.1 Å². The molecular formula is C16H15ClO2S2. The van der Waals surface area contributed by atoms with Gasteiger partial charge in [-0.2, -0.15) is 0 Å². The summed E-state index contributed by atoms with van der Waals surface area (Å²) in [6, 6.07) is 13.7. The molecule has 0 spiro atoms. The molecule has 2 nitrogen and oxygen atoms in total. The molecule has 3 rings (SSSR count). The Morgan fingerprint density at radius 1 is 1.10 bits per heavy atom. The van der Waals surface area contributed by atoms with Crippen LogP contribution in [0.25, 0.3) is 0 Å². The number of carbonyl (C=O) groups is 1. The second kappa shape index (κ2) is 6.77. The van der Waals surface area contributed by atoms with Crippen LogP contribution in [0.3, 0.4) is 0 Å². The van der Waals surface area contributed by atoms with E-state index in [-0.39, 0.29) is 29.1 Å². The summed E-state index contributed by atoms with van der Waals surface area (Å²) >= 11 is 1.66. The van der Waals surface area contributed by atoms with E-state index in [1.807, 2.05) is 42.5 Å². The third-order valence-electron chi connectivity index (χ3n) is 2.97. The summed E-state index contributed by atoms with van der Waals surface area (Å²) in [4.78, 5) is 14.3. The molecule has 1 aliphatic rings. The van der Waals surface area contributed by atoms with Crippen LogP contribution in [0.1, 0.15) is 10.4 Å². The number of Topliss-reactive ketones (excluding diaryl/α,β-unsaturated/α-hetero) is 1. The molecule has 0 saturated heterocycles. The van der Waals surface area contributed by atoms with Crippen molar-refractivity contribution in [2.45, 2.75) is 9.79 Å². The van der Waals surface area contributed by atoms with E-state index in [1.54, 1.807) is 11.8 Å². The van der Waals surface area contributed by atoms with Crippen molar-refractivity contribution in [3.63, 3.8) is 0 Å². The first-order valence-corrected chi connectivity index (χ1v) is 9.32. The third kappa shape index (κ3) is 3.57. The lowest BCUT2D eigenvalue weighted by Gasteiger charge is -2.19. The Bertz CT molecular complexity index is 671. The predicted molar refractivity (Wildman–Crippen MR) is 85.5 cm³/mol. The Kier molecular flexibility index (Phi) is 5.25. The van der Waals surface area contributed by atoms with Crippen molar-refractivity contribution in [1.29, 1.82) is 0 Å². The van der Waals surface area contributed by atoms with Crippen LogP contribution in [0.5, 0.6) is 11.5 Å². The van der Waals surface area contributed by atoms with Crippen molar-refractivity contribution in [3.8, 4) is 11.5 Å². The Labute approximate surface area is 138 Å². The number of carbonyl (C=O) groups excluding carboxylic acids is 1. The van der Waals surface area contributed by atoms with Gasteiger partial charge in [-0.3, -0.25) is 4.79 Å². The molecule has 0 atom stereocenters. The van der Waals surface area contributed by atoms with Crippen LogP contribution in [0.4, 0.5) is 0 Å². The van der Waals surface area contributed by atoms with Crippen LogP contribution >= 0.6 is 11.8 Å². The molecule has 0 amide bonds. The second-order valence-electron chi connectivity index (χ2n) is 4.87. The topological polar surface area (TPSA) is 26.3 Å². The highest BCUT2D eigenvalue weighted by Gasteiger charge is 2.20. The number of hydrogen-bond acceptors (Lipinski definition) is 3. The Morgan fingerprint density at radius 2 is 1.81 bits per heavy atom. The second-order valence-corrected chi connectivity index (χ2v) is 8.21. The summed E-state index contributed by atoms with van der Waals surface area (Å²) < 4.78 is 5.86. The molecule has 0 aliphatic carbocycles. The lowest BCUT2D eigenvalue weighted by Crippen LogP contribution is -3.00. The van der Waals surface area contributed by atoms with Crippen molar-refractivity contribution >= 4 is 28.4 Å². The molecule has 0 unspecified atom stereocenters. The van der Waals surface area contributed by atoms with Crippen molar-refractivity contribution in [2.24, 2.45) is 0 Å². The zero-order valence-corrected chi connectivity index (χ0v) is 14.1. The van der Waals surface area contributed by atoms with Gasteiger partial charge in [-0.15, -0.1) is 0 Å². The summed E-state index contributed by atoms with van der Waals surface area (Å²) in [5.41, 5.74) is 0.778. The minimum absolute atomic E-state index is 0. The standard InChI is InChI=1S/C16H15O2S2.ClH/c1-20(2)10-12(17)11-7-8-14-16(9-11)19-15-6-4-3-5-13(15)18-14;/h3-9H,10H2,1-2H3;1H/q+1;/p-1. The largest absolute Gasteiger partial charge is 1.00 e. The Hall–Kier alpha value is -1.10. The monoisotopic (exact) mass is 338 g/mol. The normalized spacial score (nSPS) is 12.0. The Balaban J connectivity index is 0.00000161. The minimum Gasteiger partial charge on any atom is -1.00 e. The first-order valence-electron chi connectivity index (χ1n) is 6.29.